The number of aromatic nitrogens is 1. The van der Waals surface area contributed by atoms with Crippen molar-refractivity contribution in [3.63, 3.8) is 0 Å². The molecule has 56 heavy (non-hydrogen) atoms. The lowest BCUT2D eigenvalue weighted by molar-refractivity contribution is 1.18. The standard InChI is InChI=1S/C54H36N2/c1-3-17-43(18-4-1)55(45-31-28-37(29-32-45)39-30-33-48-41(34-39)27-26-38-14-7-9-22-47(38)48)46-21-13-16-42(35-46)53-49-23-10-8-15-40(49)36-52-54(53)50-24-11-12-25-51(50)56(52)44-19-5-2-6-20-44/h1-36H. The highest BCUT2D eigenvalue weighted by Gasteiger charge is 2.20. The van der Waals surface area contributed by atoms with Crippen molar-refractivity contribution in [3.8, 4) is 27.9 Å². The Labute approximate surface area is 325 Å². The van der Waals surface area contributed by atoms with Crippen LogP contribution < -0.4 is 4.90 Å². The maximum Gasteiger partial charge on any atom is 0.0553 e. The van der Waals surface area contributed by atoms with Crippen LogP contribution >= 0.6 is 0 Å². The van der Waals surface area contributed by atoms with E-state index in [-0.39, 0.29) is 0 Å². The van der Waals surface area contributed by atoms with Gasteiger partial charge in [-0.25, -0.2) is 0 Å². The molecule has 0 spiro atoms. The molecular weight excluding hydrogens is 677 g/mol. The van der Waals surface area contributed by atoms with Crippen LogP contribution in [0.3, 0.4) is 0 Å². The molecule has 0 N–H and O–H groups in total. The highest BCUT2D eigenvalue weighted by atomic mass is 15.1. The maximum absolute atomic E-state index is 2.42. The van der Waals surface area contributed by atoms with E-state index in [2.05, 4.69) is 228 Å². The number of rotatable bonds is 6. The summed E-state index contributed by atoms with van der Waals surface area (Å²) in [6, 6.07) is 79.4. The first-order valence-corrected chi connectivity index (χ1v) is 19.3. The van der Waals surface area contributed by atoms with E-state index in [1.165, 1.54) is 76.4 Å². The lowest BCUT2D eigenvalue weighted by Gasteiger charge is -2.26. The molecule has 0 bridgehead atoms. The van der Waals surface area contributed by atoms with Gasteiger partial charge in [-0.3, -0.25) is 0 Å². The smallest absolute Gasteiger partial charge is 0.0553 e. The molecule has 262 valence electrons. The number of benzene rings is 10. The van der Waals surface area contributed by atoms with Crippen LogP contribution in [0.2, 0.25) is 0 Å². The summed E-state index contributed by atoms with van der Waals surface area (Å²) < 4.78 is 2.42. The second-order valence-corrected chi connectivity index (χ2v) is 14.5. The molecule has 0 aliphatic heterocycles. The van der Waals surface area contributed by atoms with E-state index in [4.69, 9.17) is 0 Å². The molecule has 2 nitrogen and oxygen atoms in total. The minimum atomic E-state index is 1.10. The van der Waals surface area contributed by atoms with Gasteiger partial charge in [0.15, 0.2) is 0 Å². The number of nitrogens with zero attached hydrogens (tertiary/aromatic N) is 2. The third-order valence-electron chi connectivity index (χ3n) is 11.3. The molecule has 0 amide bonds. The van der Waals surface area contributed by atoms with Gasteiger partial charge in [-0.2, -0.15) is 0 Å². The summed E-state index contributed by atoms with van der Waals surface area (Å²) in [5.74, 6) is 0. The summed E-state index contributed by atoms with van der Waals surface area (Å²) in [6.45, 7) is 0. The monoisotopic (exact) mass is 712 g/mol. The Bertz CT molecular complexity index is 3230. The third-order valence-corrected chi connectivity index (χ3v) is 11.3. The molecule has 0 atom stereocenters. The van der Waals surface area contributed by atoms with Gasteiger partial charge in [0.05, 0.1) is 11.0 Å². The Morgan fingerprint density at radius 3 is 1.71 bits per heavy atom. The molecular formula is C54H36N2. The fraction of sp³-hybridized carbons (Fsp3) is 0. The average molecular weight is 713 g/mol. The molecule has 10 aromatic carbocycles. The van der Waals surface area contributed by atoms with Gasteiger partial charge in [0.2, 0.25) is 0 Å². The van der Waals surface area contributed by atoms with Gasteiger partial charge in [-0.05, 0) is 121 Å². The summed E-state index contributed by atoms with van der Waals surface area (Å²) in [5.41, 5.74) is 11.7. The number of hydrogen-bond donors (Lipinski definition) is 0. The van der Waals surface area contributed by atoms with Crippen LogP contribution in [-0.2, 0) is 0 Å². The summed E-state index contributed by atoms with van der Waals surface area (Å²) in [5, 5.41) is 10.1. The molecule has 2 heteroatoms. The molecule has 0 radical (unpaired) electrons. The summed E-state index contributed by atoms with van der Waals surface area (Å²) >= 11 is 0. The first-order chi connectivity index (χ1) is 27.8. The van der Waals surface area contributed by atoms with E-state index >= 15 is 0 Å². The van der Waals surface area contributed by atoms with Crippen molar-refractivity contribution >= 4 is 71.2 Å². The Balaban J connectivity index is 1.07. The summed E-state index contributed by atoms with van der Waals surface area (Å²) in [6.07, 6.45) is 0. The van der Waals surface area contributed by atoms with Gasteiger partial charge < -0.3 is 9.47 Å². The van der Waals surface area contributed by atoms with Crippen LogP contribution in [-0.4, -0.2) is 4.57 Å². The van der Waals surface area contributed by atoms with Crippen molar-refractivity contribution in [2.75, 3.05) is 4.90 Å². The average Bonchev–Trinajstić information content (AvgIpc) is 3.60. The number of anilines is 3. The molecule has 11 rings (SSSR count). The van der Waals surface area contributed by atoms with Gasteiger partial charge in [-0.15, -0.1) is 0 Å². The van der Waals surface area contributed by atoms with Crippen molar-refractivity contribution in [2.45, 2.75) is 0 Å². The minimum Gasteiger partial charge on any atom is -0.310 e. The van der Waals surface area contributed by atoms with E-state index in [0.29, 0.717) is 0 Å². The number of fused-ring (bicyclic) bond motifs is 7. The zero-order valence-electron chi connectivity index (χ0n) is 30.7. The second-order valence-electron chi connectivity index (χ2n) is 14.5. The van der Waals surface area contributed by atoms with E-state index in [0.717, 1.165) is 22.7 Å². The molecule has 0 aliphatic carbocycles. The molecule has 1 aromatic heterocycles. The highest BCUT2D eigenvalue weighted by Crippen LogP contribution is 2.45. The largest absolute Gasteiger partial charge is 0.310 e. The molecule has 11 aromatic rings. The molecule has 0 fully saturated rings. The fourth-order valence-electron chi connectivity index (χ4n) is 8.77. The van der Waals surface area contributed by atoms with Crippen LogP contribution in [0.4, 0.5) is 17.1 Å². The van der Waals surface area contributed by atoms with Crippen molar-refractivity contribution in [2.24, 2.45) is 0 Å². The number of para-hydroxylation sites is 3. The van der Waals surface area contributed by atoms with Crippen LogP contribution in [0.15, 0.2) is 218 Å². The second kappa shape index (κ2) is 13.2. The molecule has 1 heterocycles. The zero-order valence-corrected chi connectivity index (χ0v) is 30.7. The predicted molar refractivity (Wildman–Crippen MR) is 239 cm³/mol. The van der Waals surface area contributed by atoms with Gasteiger partial charge in [0.1, 0.15) is 0 Å². The quantitative estimate of drug-likeness (QED) is 0.156. The molecule has 0 aliphatic rings. The first-order valence-electron chi connectivity index (χ1n) is 19.3. The number of hydrogen-bond acceptors (Lipinski definition) is 1. The van der Waals surface area contributed by atoms with Crippen LogP contribution in [0.25, 0.3) is 82.1 Å². The normalized spacial score (nSPS) is 11.6. The lowest BCUT2D eigenvalue weighted by Crippen LogP contribution is -2.09. The van der Waals surface area contributed by atoms with Crippen LogP contribution in [0.5, 0.6) is 0 Å². The topological polar surface area (TPSA) is 8.17 Å². The van der Waals surface area contributed by atoms with Gasteiger partial charge >= 0.3 is 0 Å². The Kier molecular flexibility index (Phi) is 7.53. The van der Waals surface area contributed by atoms with Gasteiger partial charge in [-0.1, -0.05) is 152 Å². The summed E-state index contributed by atoms with van der Waals surface area (Å²) in [7, 11) is 0. The summed E-state index contributed by atoms with van der Waals surface area (Å²) in [4.78, 5) is 2.37. The lowest BCUT2D eigenvalue weighted by atomic mass is 9.92. The van der Waals surface area contributed by atoms with Crippen molar-refractivity contribution in [1.82, 2.24) is 4.57 Å². The highest BCUT2D eigenvalue weighted by molar-refractivity contribution is 6.23. The first kappa shape index (κ1) is 32.0. The predicted octanol–water partition coefficient (Wildman–Crippen LogP) is 15.0. The van der Waals surface area contributed by atoms with Crippen molar-refractivity contribution < 1.29 is 0 Å². The third kappa shape index (κ3) is 5.26. The van der Waals surface area contributed by atoms with E-state index in [1.54, 1.807) is 0 Å². The van der Waals surface area contributed by atoms with Crippen LogP contribution in [0.1, 0.15) is 0 Å². The van der Waals surface area contributed by atoms with E-state index in [9.17, 15) is 0 Å². The molecule has 0 saturated carbocycles. The fourth-order valence-corrected chi connectivity index (χ4v) is 8.77. The molecule has 0 saturated heterocycles. The van der Waals surface area contributed by atoms with E-state index in [1.807, 2.05) is 0 Å². The van der Waals surface area contributed by atoms with Crippen LogP contribution in [0, 0.1) is 0 Å². The molecule has 0 unspecified atom stereocenters. The van der Waals surface area contributed by atoms with Crippen molar-refractivity contribution in [1.29, 1.82) is 0 Å². The zero-order chi connectivity index (χ0) is 37.0. The maximum atomic E-state index is 2.42. The van der Waals surface area contributed by atoms with Gasteiger partial charge in [0, 0.05) is 33.5 Å². The van der Waals surface area contributed by atoms with Crippen molar-refractivity contribution in [3.05, 3.63) is 218 Å². The Hall–Kier alpha value is -7.42. The minimum absolute atomic E-state index is 1.10. The SMILES string of the molecule is c1ccc(N(c2ccc(-c3ccc4c(ccc5ccccc54)c3)cc2)c2cccc(-c3c4ccccc4cc4c3c3ccccc3n4-c3ccccc3)c2)cc1. The Morgan fingerprint density at radius 1 is 0.304 bits per heavy atom. The van der Waals surface area contributed by atoms with Gasteiger partial charge in [0.25, 0.3) is 0 Å². The Morgan fingerprint density at radius 2 is 0.893 bits per heavy atom. The van der Waals surface area contributed by atoms with E-state index < -0.39 is 0 Å².